The highest BCUT2D eigenvalue weighted by molar-refractivity contribution is 7.91. The first-order valence-corrected chi connectivity index (χ1v) is 8.56. The van der Waals surface area contributed by atoms with Gasteiger partial charge >= 0.3 is 5.97 Å². The zero-order valence-electron chi connectivity index (χ0n) is 11.5. The van der Waals surface area contributed by atoms with Crippen LogP contribution in [-0.4, -0.2) is 44.1 Å². The lowest BCUT2D eigenvalue weighted by molar-refractivity contribution is 0.0696. The molecule has 1 aliphatic heterocycles. The van der Waals surface area contributed by atoms with E-state index in [1.807, 2.05) is 4.90 Å². The second-order valence-corrected chi connectivity index (χ2v) is 7.45. The first-order chi connectivity index (χ1) is 9.43. The maximum Gasteiger partial charge on any atom is 0.335 e. The van der Waals surface area contributed by atoms with Crippen molar-refractivity contribution in [2.75, 3.05) is 29.5 Å². The minimum absolute atomic E-state index is 0.142. The number of benzene rings is 1. The van der Waals surface area contributed by atoms with Crippen LogP contribution < -0.4 is 4.90 Å². The lowest BCUT2D eigenvalue weighted by atomic mass is 9.99. The van der Waals surface area contributed by atoms with Crippen molar-refractivity contribution in [3.05, 3.63) is 29.3 Å². The third kappa shape index (κ3) is 3.30. The molecule has 0 saturated carbocycles. The highest BCUT2D eigenvalue weighted by Crippen LogP contribution is 2.28. The zero-order chi connectivity index (χ0) is 14.8. The van der Waals surface area contributed by atoms with E-state index in [-0.39, 0.29) is 17.1 Å². The van der Waals surface area contributed by atoms with Crippen molar-refractivity contribution < 1.29 is 18.3 Å². The van der Waals surface area contributed by atoms with E-state index < -0.39 is 15.8 Å². The van der Waals surface area contributed by atoms with Crippen LogP contribution in [0, 0.1) is 0 Å². The van der Waals surface area contributed by atoms with E-state index in [9.17, 15) is 13.2 Å². The average Bonchev–Trinajstić information content (AvgIpc) is 2.44. The Morgan fingerprint density at radius 1 is 1.40 bits per heavy atom. The molecule has 6 heteroatoms. The summed E-state index contributed by atoms with van der Waals surface area (Å²) in [5.74, 6) is -0.631. The van der Waals surface area contributed by atoms with E-state index in [2.05, 4.69) is 0 Å². The monoisotopic (exact) mass is 297 g/mol. The van der Waals surface area contributed by atoms with Gasteiger partial charge in [-0.3, -0.25) is 0 Å². The Balaban J connectivity index is 2.18. The topological polar surface area (TPSA) is 74.7 Å². The Morgan fingerprint density at radius 3 is 2.80 bits per heavy atom. The van der Waals surface area contributed by atoms with Crippen molar-refractivity contribution in [1.29, 1.82) is 0 Å². The predicted octanol–water partition coefficient (Wildman–Crippen LogP) is 1.57. The third-order valence-corrected chi connectivity index (χ3v) is 5.34. The molecule has 0 aromatic heterocycles. The fourth-order valence-electron chi connectivity index (χ4n) is 2.43. The van der Waals surface area contributed by atoms with Crippen LogP contribution in [0.15, 0.2) is 18.2 Å². The Bertz CT molecular complexity index is 610. The summed E-state index contributed by atoms with van der Waals surface area (Å²) in [5.41, 5.74) is 2.24. The van der Waals surface area contributed by atoms with Crippen LogP contribution in [-0.2, 0) is 16.3 Å². The van der Waals surface area contributed by atoms with Gasteiger partial charge in [0.25, 0.3) is 0 Å². The molecule has 0 fully saturated rings. The average molecular weight is 297 g/mol. The Labute approximate surface area is 119 Å². The van der Waals surface area contributed by atoms with Crippen LogP contribution in [0.4, 0.5) is 5.69 Å². The van der Waals surface area contributed by atoms with Crippen LogP contribution in [0.2, 0.25) is 0 Å². The van der Waals surface area contributed by atoms with Crippen molar-refractivity contribution in [3.8, 4) is 0 Å². The lowest BCUT2D eigenvalue weighted by Crippen LogP contribution is -2.34. The molecule has 1 heterocycles. The molecular weight excluding hydrogens is 278 g/mol. The summed E-state index contributed by atoms with van der Waals surface area (Å²) in [4.78, 5) is 13.0. The van der Waals surface area contributed by atoms with Crippen molar-refractivity contribution in [2.24, 2.45) is 0 Å². The van der Waals surface area contributed by atoms with E-state index in [4.69, 9.17) is 5.11 Å². The van der Waals surface area contributed by atoms with Crippen molar-refractivity contribution in [3.63, 3.8) is 0 Å². The van der Waals surface area contributed by atoms with E-state index in [0.29, 0.717) is 6.54 Å². The summed E-state index contributed by atoms with van der Waals surface area (Å²) in [6.45, 7) is 2.94. The number of fused-ring (bicyclic) bond motifs is 1. The number of carbonyl (C=O) groups is 1. The maximum absolute atomic E-state index is 11.6. The van der Waals surface area contributed by atoms with Crippen LogP contribution >= 0.6 is 0 Å². The van der Waals surface area contributed by atoms with Gasteiger partial charge in [-0.25, -0.2) is 13.2 Å². The van der Waals surface area contributed by atoms with Gasteiger partial charge in [0.1, 0.15) is 0 Å². The molecule has 1 aromatic carbocycles. The van der Waals surface area contributed by atoms with Gasteiger partial charge in [0.15, 0.2) is 9.84 Å². The second-order valence-electron chi connectivity index (χ2n) is 4.98. The third-order valence-electron chi connectivity index (χ3n) is 3.65. The molecule has 1 N–H and O–H groups in total. The van der Waals surface area contributed by atoms with Crippen LogP contribution in [0.25, 0.3) is 0 Å². The van der Waals surface area contributed by atoms with Gasteiger partial charge in [-0.1, -0.05) is 6.92 Å². The number of aromatic carboxylic acids is 1. The number of anilines is 1. The second kappa shape index (κ2) is 5.83. The van der Waals surface area contributed by atoms with Gasteiger partial charge in [0, 0.05) is 24.5 Å². The quantitative estimate of drug-likeness (QED) is 0.893. The van der Waals surface area contributed by atoms with Crippen LogP contribution in [0.3, 0.4) is 0 Å². The number of nitrogens with zero attached hydrogens (tertiary/aromatic N) is 1. The van der Waals surface area contributed by atoms with E-state index in [0.717, 1.165) is 30.6 Å². The van der Waals surface area contributed by atoms with Crippen LogP contribution in [0.5, 0.6) is 0 Å². The summed E-state index contributed by atoms with van der Waals surface area (Å²) in [6.07, 6.45) is 1.76. The van der Waals surface area contributed by atoms with E-state index in [1.54, 1.807) is 25.1 Å². The first kappa shape index (κ1) is 14.8. The number of hydrogen-bond donors (Lipinski definition) is 1. The number of hydrogen-bond acceptors (Lipinski definition) is 4. The van der Waals surface area contributed by atoms with Gasteiger partial charge < -0.3 is 10.0 Å². The highest BCUT2D eigenvalue weighted by atomic mass is 32.2. The first-order valence-electron chi connectivity index (χ1n) is 6.74. The van der Waals surface area contributed by atoms with Gasteiger partial charge in [-0.15, -0.1) is 0 Å². The molecule has 0 unspecified atom stereocenters. The molecule has 5 nitrogen and oxygen atoms in total. The molecule has 0 atom stereocenters. The molecule has 110 valence electrons. The smallest absolute Gasteiger partial charge is 0.335 e. The number of carboxylic acid groups (broad SMARTS) is 1. The van der Waals surface area contributed by atoms with E-state index in [1.165, 1.54) is 0 Å². The maximum atomic E-state index is 11.6. The molecule has 0 aliphatic carbocycles. The van der Waals surface area contributed by atoms with Crippen molar-refractivity contribution in [2.45, 2.75) is 19.8 Å². The van der Waals surface area contributed by atoms with Gasteiger partial charge in [-0.05, 0) is 36.6 Å². The Hall–Kier alpha value is -1.56. The number of aryl methyl sites for hydroxylation is 1. The van der Waals surface area contributed by atoms with Crippen LogP contribution in [0.1, 0.15) is 29.3 Å². The summed E-state index contributed by atoms with van der Waals surface area (Å²) in [6, 6.07) is 5.06. The highest BCUT2D eigenvalue weighted by Gasteiger charge is 2.20. The molecule has 0 bridgehead atoms. The summed E-state index contributed by atoms with van der Waals surface area (Å²) >= 11 is 0. The molecular formula is C14H19NO4S. The predicted molar refractivity (Wildman–Crippen MR) is 78.3 cm³/mol. The van der Waals surface area contributed by atoms with Gasteiger partial charge in [0.05, 0.1) is 11.3 Å². The number of carboxylic acids is 1. The summed E-state index contributed by atoms with van der Waals surface area (Å²) < 4.78 is 23.2. The summed E-state index contributed by atoms with van der Waals surface area (Å²) in [5, 5.41) is 9.00. The van der Waals surface area contributed by atoms with Crippen molar-refractivity contribution >= 4 is 21.5 Å². The SMILES string of the molecule is CCS(=O)(=O)CCN1CCCc2cc(C(=O)O)ccc21. The normalized spacial score (nSPS) is 14.9. The molecule has 0 spiro atoms. The molecule has 1 aliphatic rings. The minimum Gasteiger partial charge on any atom is -0.478 e. The fourth-order valence-corrected chi connectivity index (χ4v) is 3.22. The molecule has 0 saturated heterocycles. The minimum atomic E-state index is -2.98. The molecule has 1 aromatic rings. The fraction of sp³-hybridized carbons (Fsp3) is 0.500. The Morgan fingerprint density at radius 2 is 2.15 bits per heavy atom. The van der Waals surface area contributed by atoms with Gasteiger partial charge in [-0.2, -0.15) is 0 Å². The molecule has 20 heavy (non-hydrogen) atoms. The number of sulfone groups is 1. The zero-order valence-corrected chi connectivity index (χ0v) is 12.3. The van der Waals surface area contributed by atoms with Crippen molar-refractivity contribution in [1.82, 2.24) is 0 Å². The summed E-state index contributed by atoms with van der Waals surface area (Å²) in [7, 11) is -2.98. The molecule has 0 amide bonds. The lowest BCUT2D eigenvalue weighted by Gasteiger charge is -2.31. The Kier molecular flexibility index (Phi) is 4.32. The standard InChI is InChI=1S/C14H19NO4S/c1-2-20(18,19)9-8-15-7-3-4-11-10-12(14(16)17)5-6-13(11)15/h5-6,10H,2-4,7-9H2,1H3,(H,16,17). The number of rotatable bonds is 5. The van der Waals surface area contributed by atoms with Gasteiger partial charge in [0.2, 0.25) is 0 Å². The molecule has 0 radical (unpaired) electrons. The molecule has 2 rings (SSSR count). The largest absolute Gasteiger partial charge is 0.478 e. The van der Waals surface area contributed by atoms with E-state index >= 15 is 0 Å².